The first-order chi connectivity index (χ1) is 17.1. The van der Waals surface area contributed by atoms with Gasteiger partial charge in [0.25, 0.3) is 5.56 Å². The molecule has 5 aromatic rings. The van der Waals surface area contributed by atoms with Crippen molar-refractivity contribution in [1.82, 2.24) is 24.3 Å². The molecule has 5 rings (SSSR count). The topological polar surface area (TPSA) is 86.9 Å². The molecule has 35 heavy (non-hydrogen) atoms. The van der Waals surface area contributed by atoms with Gasteiger partial charge >= 0.3 is 0 Å². The molecule has 2 aromatic carbocycles. The zero-order chi connectivity index (χ0) is 24.2. The highest BCUT2D eigenvalue weighted by Gasteiger charge is 2.12. The molecule has 0 aliphatic heterocycles. The molecule has 0 saturated carbocycles. The van der Waals surface area contributed by atoms with Crippen molar-refractivity contribution in [2.75, 3.05) is 12.4 Å². The van der Waals surface area contributed by atoms with Gasteiger partial charge in [0.1, 0.15) is 12.1 Å². The quantitative estimate of drug-likeness (QED) is 0.371. The van der Waals surface area contributed by atoms with Gasteiger partial charge in [0.05, 0.1) is 25.6 Å². The molecule has 0 amide bonds. The van der Waals surface area contributed by atoms with Crippen LogP contribution in [0.3, 0.4) is 0 Å². The molecule has 9 heteroatoms. The van der Waals surface area contributed by atoms with Crippen molar-refractivity contribution in [1.29, 1.82) is 0 Å². The lowest BCUT2D eigenvalue weighted by Gasteiger charge is -2.09. The normalized spacial score (nSPS) is 11.0. The van der Waals surface area contributed by atoms with Gasteiger partial charge in [-0.25, -0.2) is 14.4 Å². The summed E-state index contributed by atoms with van der Waals surface area (Å²) in [5.41, 5.74) is 3.09. The van der Waals surface area contributed by atoms with Gasteiger partial charge in [0.2, 0.25) is 0 Å². The van der Waals surface area contributed by atoms with E-state index in [-0.39, 0.29) is 17.9 Å². The summed E-state index contributed by atoms with van der Waals surface area (Å²) in [5, 5.41) is 8.48. The third kappa shape index (κ3) is 4.89. The van der Waals surface area contributed by atoms with Gasteiger partial charge in [-0.3, -0.25) is 9.48 Å². The van der Waals surface area contributed by atoms with Crippen molar-refractivity contribution in [2.45, 2.75) is 19.6 Å². The number of fused-ring (bicyclic) bond motifs is 1. The van der Waals surface area contributed by atoms with Gasteiger partial charge in [0.15, 0.2) is 17.2 Å². The molecule has 0 saturated heterocycles. The van der Waals surface area contributed by atoms with Crippen LogP contribution in [0.4, 0.5) is 10.2 Å². The van der Waals surface area contributed by atoms with Crippen molar-refractivity contribution < 1.29 is 9.13 Å². The smallest absolute Gasteiger partial charge is 0.250 e. The van der Waals surface area contributed by atoms with E-state index >= 15 is 0 Å². The van der Waals surface area contributed by atoms with Crippen LogP contribution in [0.15, 0.2) is 84.2 Å². The van der Waals surface area contributed by atoms with Crippen LogP contribution in [0.25, 0.3) is 11.0 Å². The maximum absolute atomic E-state index is 14.5. The Morgan fingerprint density at radius 1 is 0.971 bits per heavy atom. The first kappa shape index (κ1) is 22.3. The maximum atomic E-state index is 14.5. The first-order valence-corrected chi connectivity index (χ1v) is 11.1. The third-order valence-electron chi connectivity index (χ3n) is 5.69. The molecule has 0 fully saturated rings. The number of nitrogens with one attached hydrogen (secondary N) is 1. The Labute approximate surface area is 200 Å². The molecule has 1 N–H and O–H groups in total. The Kier molecular flexibility index (Phi) is 6.21. The molecule has 3 aromatic heterocycles. The lowest BCUT2D eigenvalue weighted by Crippen LogP contribution is -2.18. The van der Waals surface area contributed by atoms with Crippen LogP contribution in [0, 0.1) is 5.82 Å². The van der Waals surface area contributed by atoms with Crippen molar-refractivity contribution in [2.24, 2.45) is 0 Å². The van der Waals surface area contributed by atoms with Gasteiger partial charge in [-0.1, -0.05) is 42.5 Å². The van der Waals surface area contributed by atoms with E-state index in [9.17, 15) is 9.18 Å². The summed E-state index contributed by atoms with van der Waals surface area (Å²) in [6.45, 7) is 1.31. The molecule has 0 spiro atoms. The average Bonchev–Trinajstić information content (AvgIpc) is 3.29. The molecule has 0 bridgehead atoms. The Balaban J connectivity index is 1.30. The predicted molar refractivity (Wildman–Crippen MR) is 131 cm³/mol. The molecule has 0 aliphatic carbocycles. The van der Waals surface area contributed by atoms with Gasteiger partial charge in [-0.2, -0.15) is 5.10 Å². The number of halogens is 1. The number of rotatable bonds is 8. The lowest BCUT2D eigenvalue weighted by molar-refractivity contribution is 0.384. The summed E-state index contributed by atoms with van der Waals surface area (Å²) in [6.07, 6.45) is 5.09. The zero-order valence-corrected chi connectivity index (χ0v) is 19.1. The largest absolute Gasteiger partial charge is 0.494 e. The highest BCUT2D eigenvalue weighted by molar-refractivity contribution is 5.85. The van der Waals surface area contributed by atoms with Crippen LogP contribution in [0.2, 0.25) is 0 Å². The number of ether oxygens (including phenoxy) is 1. The van der Waals surface area contributed by atoms with E-state index in [0.29, 0.717) is 30.1 Å². The number of aromatic nitrogens is 5. The SMILES string of the molecule is COc1cccc(CNc2ncnc3nn(Cc4ccc(Cn5ccccc5=O)cc4)cc23)c1F. The summed E-state index contributed by atoms with van der Waals surface area (Å²) >= 11 is 0. The summed E-state index contributed by atoms with van der Waals surface area (Å²) in [4.78, 5) is 20.5. The number of methoxy groups -OCH3 is 1. The number of benzene rings is 2. The molecular formula is C26H23FN6O2. The summed E-state index contributed by atoms with van der Waals surface area (Å²) in [6, 6.07) is 18.2. The molecule has 3 heterocycles. The molecule has 176 valence electrons. The van der Waals surface area contributed by atoms with E-state index in [1.165, 1.54) is 13.4 Å². The maximum Gasteiger partial charge on any atom is 0.250 e. The lowest BCUT2D eigenvalue weighted by atomic mass is 10.1. The average molecular weight is 471 g/mol. The van der Waals surface area contributed by atoms with Crippen LogP contribution in [0.5, 0.6) is 5.75 Å². The standard InChI is InChI=1S/C26H23FN6O2/c1-35-22-6-4-5-20(24(22)27)13-28-25-21-16-33(31-26(21)30-17-29-25)15-19-10-8-18(9-11-19)14-32-12-3-2-7-23(32)34/h2-12,16-17H,13-15H2,1H3,(H,28,29,30,31). The fourth-order valence-corrected chi connectivity index (χ4v) is 3.86. The Morgan fingerprint density at radius 2 is 1.77 bits per heavy atom. The van der Waals surface area contributed by atoms with Crippen LogP contribution in [-0.4, -0.2) is 31.4 Å². The molecule has 0 radical (unpaired) electrons. The Bertz CT molecular complexity index is 1530. The van der Waals surface area contributed by atoms with Gasteiger partial charge in [-0.15, -0.1) is 0 Å². The number of hydrogen-bond acceptors (Lipinski definition) is 6. The van der Waals surface area contributed by atoms with Crippen molar-refractivity contribution in [3.8, 4) is 5.75 Å². The monoisotopic (exact) mass is 470 g/mol. The van der Waals surface area contributed by atoms with Crippen LogP contribution in [0.1, 0.15) is 16.7 Å². The Hall–Kier alpha value is -4.53. The fraction of sp³-hybridized carbons (Fsp3) is 0.154. The van der Waals surface area contributed by atoms with Gasteiger partial charge in [0, 0.05) is 30.6 Å². The van der Waals surface area contributed by atoms with E-state index in [1.807, 2.05) is 36.5 Å². The van der Waals surface area contributed by atoms with E-state index < -0.39 is 5.82 Å². The number of pyridine rings is 1. The molecule has 0 atom stereocenters. The van der Waals surface area contributed by atoms with E-state index in [4.69, 9.17) is 4.74 Å². The highest BCUT2D eigenvalue weighted by atomic mass is 19.1. The molecule has 0 unspecified atom stereocenters. The number of hydrogen-bond donors (Lipinski definition) is 1. The highest BCUT2D eigenvalue weighted by Crippen LogP contribution is 2.23. The zero-order valence-electron chi connectivity index (χ0n) is 19.1. The van der Waals surface area contributed by atoms with E-state index in [1.54, 1.807) is 45.8 Å². The van der Waals surface area contributed by atoms with Crippen molar-refractivity contribution in [3.63, 3.8) is 0 Å². The van der Waals surface area contributed by atoms with E-state index in [2.05, 4.69) is 20.4 Å². The second-order valence-electron chi connectivity index (χ2n) is 8.06. The number of nitrogens with zero attached hydrogens (tertiary/aromatic N) is 5. The van der Waals surface area contributed by atoms with E-state index in [0.717, 1.165) is 16.5 Å². The minimum atomic E-state index is -0.399. The predicted octanol–water partition coefficient (Wildman–Crippen LogP) is 3.84. The van der Waals surface area contributed by atoms with Crippen LogP contribution in [-0.2, 0) is 19.6 Å². The first-order valence-electron chi connectivity index (χ1n) is 11.1. The minimum absolute atomic E-state index is 0.0283. The van der Waals surface area contributed by atoms with Gasteiger partial charge < -0.3 is 14.6 Å². The second-order valence-corrected chi connectivity index (χ2v) is 8.06. The van der Waals surface area contributed by atoms with Crippen LogP contribution < -0.4 is 15.6 Å². The van der Waals surface area contributed by atoms with Crippen molar-refractivity contribution in [3.05, 3.63) is 112 Å². The summed E-state index contributed by atoms with van der Waals surface area (Å²) in [7, 11) is 1.44. The molecule has 0 aliphatic rings. The summed E-state index contributed by atoms with van der Waals surface area (Å²) in [5.74, 6) is 0.378. The second kappa shape index (κ2) is 9.76. The minimum Gasteiger partial charge on any atom is -0.494 e. The Morgan fingerprint density at radius 3 is 2.54 bits per heavy atom. The fourth-order valence-electron chi connectivity index (χ4n) is 3.86. The molecule has 8 nitrogen and oxygen atoms in total. The van der Waals surface area contributed by atoms with Gasteiger partial charge in [-0.05, 0) is 23.3 Å². The third-order valence-corrected chi connectivity index (χ3v) is 5.69. The number of anilines is 1. The molecular weight excluding hydrogens is 447 g/mol. The van der Waals surface area contributed by atoms with Crippen molar-refractivity contribution >= 4 is 16.9 Å². The van der Waals surface area contributed by atoms with Crippen LogP contribution >= 0.6 is 0 Å². The summed E-state index contributed by atoms with van der Waals surface area (Å²) < 4.78 is 23.0.